The van der Waals surface area contributed by atoms with Crippen molar-refractivity contribution in [2.75, 3.05) is 33.5 Å². The summed E-state index contributed by atoms with van der Waals surface area (Å²) in [6.45, 7) is 5.27. The maximum absolute atomic E-state index is 5.62. The molecule has 102 valence electrons. The molecule has 0 aliphatic carbocycles. The predicted molar refractivity (Wildman–Crippen MR) is 74.9 cm³/mol. The standard InChI is InChI=1S/C15H25NO2/c1-3-9-16-15(13-18-11-10-17-2)12-14-7-5-4-6-8-14/h4-8,15-16H,3,9-13H2,1-2H3. The van der Waals surface area contributed by atoms with Gasteiger partial charge in [0, 0.05) is 13.2 Å². The first-order chi connectivity index (χ1) is 8.86. The molecule has 1 atom stereocenters. The number of rotatable bonds is 10. The van der Waals surface area contributed by atoms with Crippen molar-refractivity contribution in [2.24, 2.45) is 0 Å². The minimum atomic E-state index is 0.379. The van der Waals surface area contributed by atoms with Crippen molar-refractivity contribution in [1.29, 1.82) is 0 Å². The second-order valence-corrected chi connectivity index (χ2v) is 4.41. The molecule has 1 aromatic carbocycles. The van der Waals surface area contributed by atoms with E-state index in [0.29, 0.717) is 19.3 Å². The van der Waals surface area contributed by atoms with E-state index in [0.717, 1.165) is 26.0 Å². The summed E-state index contributed by atoms with van der Waals surface area (Å²) in [4.78, 5) is 0. The van der Waals surface area contributed by atoms with E-state index in [1.807, 2.05) is 6.07 Å². The normalized spacial score (nSPS) is 12.6. The number of benzene rings is 1. The van der Waals surface area contributed by atoms with Crippen LogP contribution in [0.4, 0.5) is 0 Å². The molecule has 1 rings (SSSR count). The first-order valence-electron chi connectivity index (χ1n) is 6.70. The molecule has 18 heavy (non-hydrogen) atoms. The van der Waals surface area contributed by atoms with Crippen molar-refractivity contribution >= 4 is 0 Å². The van der Waals surface area contributed by atoms with Crippen molar-refractivity contribution in [3.63, 3.8) is 0 Å². The van der Waals surface area contributed by atoms with Gasteiger partial charge in [0.15, 0.2) is 0 Å². The molecule has 1 N–H and O–H groups in total. The second-order valence-electron chi connectivity index (χ2n) is 4.41. The fourth-order valence-electron chi connectivity index (χ4n) is 1.80. The summed E-state index contributed by atoms with van der Waals surface area (Å²) in [5, 5.41) is 3.53. The van der Waals surface area contributed by atoms with Gasteiger partial charge in [-0.05, 0) is 24.9 Å². The fraction of sp³-hybridized carbons (Fsp3) is 0.600. The number of hydrogen-bond donors (Lipinski definition) is 1. The Morgan fingerprint density at radius 1 is 1.17 bits per heavy atom. The Labute approximate surface area is 110 Å². The molecule has 0 saturated heterocycles. The molecule has 0 aromatic heterocycles. The summed E-state index contributed by atoms with van der Waals surface area (Å²) in [5.41, 5.74) is 1.35. The van der Waals surface area contributed by atoms with E-state index >= 15 is 0 Å². The summed E-state index contributed by atoms with van der Waals surface area (Å²) in [6, 6.07) is 10.9. The van der Waals surface area contributed by atoms with Crippen LogP contribution in [0.25, 0.3) is 0 Å². The van der Waals surface area contributed by atoms with Gasteiger partial charge in [-0.25, -0.2) is 0 Å². The Hall–Kier alpha value is -0.900. The van der Waals surface area contributed by atoms with Crippen molar-refractivity contribution < 1.29 is 9.47 Å². The van der Waals surface area contributed by atoms with Crippen LogP contribution in [-0.2, 0) is 15.9 Å². The summed E-state index contributed by atoms with van der Waals surface area (Å²) in [7, 11) is 1.69. The average molecular weight is 251 g/mol. The maximum Gasteiger partial charge on any atom is 0.0701 e. The Morgan fingerprint density at radius 3 is 2.61 bits per heavy atom. The van der Waals surface area contributed by atoms with Gasteiger partial charge >= 0.3 is 0 Å². The largest absolute Gasteiger partial charge is 0.382 e. The third-order valence-electron chi connectivity index (χ3n) is 2.76. The molecular formula is C15H25NO2. The highest BCUT2D eigenvalue weighted by atomic mass is 16.5. The van der Waals surface area contributed by atoms with Crippen LogP contribution in [0.3, 0.4) is 0 Å². The molecule has 0 aliphatic rings. The van der Waals surface area contributed by atoms with Crippen LogP contribution >= 0.6 is 0 Å². The van der Waals surface area contributed by atoms with E-state index in [1.54, 1.807) is 7.11 Å². The SMILES string of the molecule is CCCNC(COCCOC)Cc1ccccc1. The van der Waals surface area contributed by atoms with Gasteiger partial charge in [0.05, 0.1) is 19.8 Å². The van der Waals surface area contributed by atoms with Gasteiger partial charge in [-0.3, -0.25) is 0 Å². The molecule has 0 amide bonds. The molecule has 0 fully saturated rings. The average Bonchev–Trinajstić information content (AvgIpc) is 2.41. The van der Waals surface area contributed by atoms with Crippen LogP contribution in [0.15, 0.2) is 30.3 Å². The lowest BCUT2D eigenvalue weighted by Gasteiger charge is -2.18. The molecule has 0 saturated carbocycles. The van der Waals surface area contributed by atoms with Gasteiger partial charge in [-0.2, -0.15) is 0 Å². The summed E-state index contributed by atoms with van der Waals surface area (Å²) in [6.07, 6.45) is 2.15. The van der Waals surface area contributed by atoms with Gasteiger partial charge in [-0.15, -0.1) is 0 Å². The smallest absolute Gasteiger partial charge is 0.0701 e. The molecule has 0 heterocycles. The highest BCUT2D eigenvalue weighted by Crippen LogP contribution is 2.03. The number of nitrogens with one attached hydrogen (secondary N) is 1. The van der Waals surface area contributed by atoms with Crippen LogP contribution in [0.1, 0.15) is 18.9 Å². The highest BCUT2D eigenvalue weighted by molar-refractivity contribution is 5.15. The van der Waals surface area contributed by atoms with Crippen LogP contribution in [0.2, 0.25) is 0 Å². The van der Waals surface area contributed by atoms with E-state index in [1.165, 1.54) is 5.56 Å². The third-order valence-corrected chi connectivity index (χ3v) is 2.76. The monoisotopic (exact) mass is 251 g/mol. The molecule has 0 spiro atoms. The minimum absolute atomic E-state index is 0.379. The minimum Gasteiger partial charge on any atom is -0.382 e. The van der Waals surface area contributed by atoms with Gasteiger partial charge in [0.1, 0.15) is 0 Å². The lowest BCUT2D eigenvalue weighted by molar-refractivity contribution is 0.0587. The van der Waals surface area contributed by atoms with Crippen LogP contribution < -0.4 is 5.32 Å². The van der Waals surface area contributed by atoms with Gasteiger partial charge in [0.25, 0.3) is 0 Å². The molecule has 3 nitrogen and oxygen atoms in total. The van der Waals surface area contributed by atoms with E-state index in [4.69, 9.17) is 9.47 Å². The van der Waals surface area contributed by atoms with Crippen molar-refractivity contribution in [3.05, 3.63) is 35.9 Å². The Morgan fingerprint density at radius 2 is 1.94 bits per heavy atom. The van der Waals surface area contributed by atoms with E-state index in [-0.39, 0.29) is 0 Å². The predicted octanol–water partition coefficient (Wildman–Crippen LogP) is 2.26. The molecular weight excluding hydrogens is 226 g/mol. The Kier molecular flexibility index (Phi) is 8.47. The second kappa shape index (κ2) is 10.1. The topological polar surface area (TPSA) is 30.5 Å². The first kappa shape index (κ1) is 15.2. The van der Waals surface area contributed by atoms with Crippen LogP contribution in [0.5, 0.6) is 0 Å². The molecule has 1 aromatic rings. The van der Waals surface area contributed by atoms with E-state index in [9.17, 15) is 0 Å². The number of hydrogen-bond acceptors (Lipinski definition) is 3. The van der Waals surface area contributed by atoms with E-state index in [2.05, 4.69) is 36.5 Å². The van der Waals surface area contributed by atoms with Crippen molar-refractivity contribution in [3.8, 4) is 0 Å². The van der Waals surface area contributed by atoms with Crippen molar-refractivity contribution in [1.82, 2.24) is 5.32 Å². The number of methoxy groups -OCH3 is 1. The molecule has 3 heteroatoms. The Bertz CT molecular complexity index is 290. The lowest BCUT2D eigenvalue weighted by Crippen LogP contribution is -2.36. The summed E-state index contributed by atoms with van der Waals surface area (Å²) < 4.78 is 10.6. The zero-order valence-electron chi connectivity index (χ0n) is 11.5. The Balaban J connectivity index is 2.35. The number of ether oxygens (including phenoxy) is 2. The molecule has 1 unspecified atom stereocenters. The first-order valence-corrected chi connectivity index (χ1v) is 6.70. The van der Waals surface area contributed by atoms with Crippen LogP contribution in [-0.4, -0.2) is 39.5 Å². The highest BCUT2D eigenvalue weighted by Gasteiger charge is 2.08. The quantitative estimate of drug-likeness (QED) is 0.647. The summed E-state index contributed by atoms with van der Waals surface area (Å²) >= 11 is 0. The van der Waals surface area contributed by atoms with Gasteiger partial charge in [0.2, 0.25) is 0 Å². The fourth-order valence-corrected chi connectivity index (χ4v) is 1.80. The third kappa shape index (κ3) is 6.74. The molecule has 0 aliphatic heterocycles. The molecule has 0 bridgehead atoms. The van der Waals surface area contributed by atoms with Gasteiger partial charge < -0.3 is 14.8 Å². The zero-order chi connectivity index (χ0) is 13.1. The maximum atomic E-state index is 5.62. The van der Waals surface area contributed by atoms with E-state index < -0.39 is 0 Å². The van der Waals surface area contributed by atoms with Crippen molar-refractivity contribution in [2.45, 2.75) is 25.8 Å². The molecule has 0 radical (unpaired) electrons. The van der Waals surface area contributed by atoms with Gasteiger partial charge in [-0.1, -0.05) is 37.3 Å². The zero-order valence-corrected chi connectivity index (χ0v) is 11.5. The summed E-state index contributed by atoms with van der Waals surface area (Å²) in [5.74, 6) is 0. The van der Waals surface area contributed by atoms with Crippen LogP contribution in [0, 0.1) is 0 Å². The lowest BCUT2D eigenvalue weighted by atomic mass is 10.1.